The van der Waals surface area contributed by atoms with E-state index in [1.54, 1.807) is 24.1 Å². The molecule has 144 valence electrons. The van der Waals surface area contributed by atoms with Gasteiger partial charge in [0.2, 0.25) is 0 Å². The second-order valence-electron chi connectivity index (χ2n) is 7.18. The number of aryl methyl sites for hydroxylation is 2. The molecule has 0 radical (unpaired) electrons. The van der Waals surface area contributed by atoms with Crippen molar-refractivity contribution in [3.8, 4) is 6.01 Å². The Morgan fingerprint density at radius 2 is 1.93 bits per heavy atom. The number of rotatable bonds is 6. The zero-order chi connectivity index (χ0) is 18.6. The Morgan fingerprint density at radius 3 is 2.74 bits per heavy atom. The number of nitrogens with zero attached hydrogens (tertiary/aromatic N) is 6. The van der Waals surface area contributed by atoms with Crippen molar-refractivity contribution in [2.75, 3.05) is 39.8 Å². The van der Waals surface area contributed by atoms with Crippen LogP contribution >= 0.6 is 0 Å². The molecule has 2 aromatic heterocycles. The van der Waals surface area contributed by atoms with Crippen LogP contribution in [0.15, 0.2) is 23.1 Å². The highest BCUT2D eigenvalue weighted by Crippen LogP contribution is 2.17. The lowest BCUT2D eigenvalue weighted by molar-refractivity contribution is 0.121. The van der Waals surface area contributed by atoms with Gasteiger partial charge in [-0.25, -0.2) is 9.67 Å². The summed E-state index contributed by atoms with van der Waals surface area (Å²) in [4.78, 5) is 25.4. The molecule has 8 heteroatoms. The standard InChI is InChI=1S/C19H26N6O2/c1-27-19-20-6-5-16(21-19)14-24-9-7-23(8-10-24)11-12-25-18(26)13-15-3-2-4-17(15)22-25/h5-6,13H,2-4,7-12,14H2,1H3. The molecule has 0 bridgehead atoms. The van der Waals surface area contributed by atoms with Crippen LogP contribution in [-0.4, -0.2) is 69.4 Å². The fourth-order valence-corrected chi connectivity index (χ4v) is 3.80. The van der Waals surface area contributed by atoms with E-state index in [4.69, 9.17) is 4.74 Å². The number of fused-ring (bicyclic) bond motifs is 1. The Labute approximate surface area is 158 Å². The van der Waals surface area contributed by atoms with Gasteiger partial charge in [-0.1, -0.05) is 0 Å². The van der Waals surface area contributed by atoms with Crippen molar-refractivity contribution in [3.05, 3.63) is 45.6 Å². The van der Waals surface area contributed by atoms with Gasteiger partial charge in [0, 0.05) is 51.5 Å². The highest BCUT2D eigenvalue weighted by atomic mass is 16.5. The summed E-state index contributed by atoms with van der Waals surface area (Å²) in [5.41, 5.74) is 3.27. The molecule has 0 saturated carbocycles. The summed E-state index contributed by atoms with van der Waals surface area (Å²) in [6.07, 6.45) is 4.85. The first-order chi connectivity index (χ1) is 13.2. The minimum atomic E-state index is 0.0343. The van der Waals surface area contributed by atoms with Crippen molar-refractivity contribution in [2.45, 2.75) is 32.4 Å². The topological polar surface area (TPSA) is 76.4 Å². The van der Waals surface area contributed by atoms with E-state index in [1.807, 2.05) is 6.07 Å². The molecule has 0 N–H and O–H groups in total. The molecule has 27 heavy (non-hydrogen) atoms. The maximum atomic E-state index is 12.2. The van der Waals surface area contributed by atoms with Crippen LogP contribution < -0.4 is 10.3 Å². The van der Waals surface area contributed by atoms with Gasteiger partial charge in [0.05, 0.1) is 25.0 Å². The van der Waals surface area contributed by atoms with E-state index in [0.29, 0.717) is 12.6 Å². The van der Waals surface area contributed by atoms with Crippen molar-refractivity contribution >= 4 is 0 Å². The molecule has 0 aromatic carbocycles. The second kappa shape index (κ2) is 8.14. The van der Waals surface area contributed by atoms with Gasteiger partial charge in [-0.05, 0) is 30.9 Å². The average Bonchev–Trinajstić information content (AvgIpc) is 3.14. The van der Waals surface area contributed by atoms with Gasteiger partial charge in [-0.15, -0.1) is 0 Å². The molecule has 2 aromatic rings. The van der Waals surface area contributed by atoms with E-state index in [9.17, 15) is 4.79 Å². The maximum absolute atomic E-state index is 12.2. The van der Waals surface area contributed by atoms with Crippen molar-refractivity contribution in [3.63, 3.8) is 0 Å². The van der Waals surface area contributed by atoms with Crippen LogP contribution in [0, 0.1) is 0 Å². The lowest BCUT2D eigenvalue weighted by Gasteiger charge is -2.34. The summed E-state index contributed by atoms with van der Waals surface area (Å²) in [5.74, 6) is 0. The minimum Gasteiger partial charge on any atom is -0.467 e. The average molecular weight is 370 g/mol. The van der Waals surface area contributed by atoms with Gasteiger partial charge in [0.25, 0.3) is 5.56 Å². The number of hydrogen-bond donors (Lipinski definition) is 0. The van der Waals surface area contributed by atoms with E-state index in [0.717, 1.165) is 75.5 Å². The molecule has 1 saturated heterocycles. The predicted octanol–water partition coefficient (Wildman–Crippen LogP) is 0.348. The third-order valence-electron chi connectivity index (χ3n) is 5.38. The van der Waals surface area contributed by atoms with Crippen LogP contribution in [0.1, 0.15) is 23.4 Å². The smallest absolute Gasteiger partial charge is 0.316 e. The second-order valence-corrected chi connectivity index (χ2v) is 7.18. The minimum absolute atomic E-state index is 0.0343. The van der Waals surface area contributed by atoms with Gasteiger partial charge in [0.1, 0.15) is 0 Å². The van der Waals surface area contributed by atoms with E-state index in [1.165, 1.54) is 0 Å². The van der Waals surface area contributed by atoms with Crippen LogP contribution in [0.2, 0.25) is 0 Å². The first kappa shape index (κ1) is 18.1. The summed E-state index contributed by atoms with van der Waals surface area (Å²) in [6, 6.07) is 4.13. The van der Waals surface area contributed by atoms with Gasteiger partial charge in [-0.2, -0.15) is 10.1 Å². The van der Waals surface area contributed by atoms with Gasteiger partial charge >= 0.3 is 6.01 Å². The normalized spacial score (nSPS) is 17.8. The number of ether oxygens (including phenoxy) is 1. The van der Waals surface area contributed by atoms with E-state index >= 15 is 0 Å². The molecule has 0 spiro atoms. The molecule has 4 rings (SSSR count). The SMILES string of the molecule is COc1nccc(CN2CCN(CCn3nc4c(cc3=O)CCC4)CC2)n1. The van der Waals surface area contributed by atoms with Crippen molar-refractivity contribution in [1.29, 1.82) is 0 Å². The number of hydrogen-bond acceptors (Lipinski definition) is 7. The fourth-order valence-electron chi connectivity index (χ4n) is 3.80. The Bertz CT molecular complexity index is 844. The number of methoxy groups -OCH3 is 1. The Balaban J connectivity index is 1.27. The lowest BCUT2D eigenvalue weighted by atomic mass is 10.2. The van der Waals surface area contributed by atoms with Crippen LogP contribution in [0.5, 0.6) is 6.01 Å². The maximum Gasteiger partial charge on any atom is 0.316 e. The van der Waals surface area contributed by atoms with Crippen molar-refractivity contribution in [2.24, 2.45) is 0 Å². The van der Waals surface area contributed by atoms with Crippen LogP contribution in [0.3, 0.4) is 0 Å². The quantitative estimate of drug-likeness (QED) is 0.726. The van der Waals surface area contributed by atoms with Crippen LogP contribution in [0.25, 0.3) is 0 Å². The summed E-state index contributed by atoms with van der Waals surface area (Å²) < 4.78 is 6.73. The molecular formula is C19H26N6O2. The van der Waals surface area contributed by atoms with Crippen LogP contribution in [-0.2, 0) is 25.9 Å². The largest absolute Gasteiger partial charge is 0.467 e. The monoisotopic (exact) mass is 370 g/mol. The molecule has 2 aliphatic rings. The van der Waals surface area contributed by atoms with Crippen LogP contribution in [0.4, 0.5) is 0 Å². The Morgan fingerprint density at radius 1 is 1.11 bits per heavy atom. The molecule has 1 aliphatic carbocycles. The molecule has 3 heterocycles. The fraction of sp³-hybridized carbons (Fsp3) is 0.579. The molecule has 1 aliphatic heterocycles. The van der Waals surface area contributed by atoms with Gasteiger partial charge < -0.3 is 4.74 Å². The van der Waals surface area contributed by atoms with Crippen molar-refractivity contribution < 1.29 is 4.74 Å². The first-order valence-corrected chi connectivity index (χ1v) is 9.62. The van der Waals surface area contributed by atoms with Gasteiger partial charge in [-0.3, -0.25) is 14.6 Å². The highest BCUT2D eigenvalue weighted by molar-refractivity contribution is 5.22. The zero-order valence-corrected chi connectivity index (χ0v) is 15.8. The molecule has 8 nitrogen and oxygen atoms in total. The molecular weight excluding hydrogens is 344 g/mol. The number of aromatic nitrogens is 4. The summed E-state index contributed by atoms with van der Waals surface area (Å²) in [6.45, 7) is 6.27. The zero-order valence-electron chi connectivity index (χ0n) is 15.8. The summed E-state index contributed by atoms with van der Waals surface area (Å²) in [7, 11) is 1.58. The molecule has 0 amide bonds. The summed E-state index contributed by atoms with van der Waals surface area (Å²) >= 11 is 0. The molecule has 0 atom stereocenters. The third-order valence-corrected chi connectivity index (χ3v) is 5.38. The predicted molar refractivity (Wildman–Crippen MR) is 101 cm³/mol. The lowest BCUT2D eigenvalue weighted by Crippen LogP contribution is -2.47. The number of piperazine rings is 1. The molecule has 0 unspecified atom stereocenters. The Kier molecular flexibility index (Phi) is 5.45. The first-order valence-electron chi connectivity index (χ1n) is 9.62. The third kappa shape index (κ3) is 4.33. The summed E-state index contributed by atoms with van der Waals surface area (Å²) in [5, 5.41) is 4.57. The highest BCUT2D eigenvalue weighted by Gasteiger charge is 2.19. The van der Waals surface area contributed by atoms with E-state index < -0.39 is 0 Å². The van der Waals surface area contributed by atoms with E-state index in [-0.39, 0.29) is 5.56 Å². The van der Waals surface area contributed by atoms with Gasteiger partial charge in [0.15, 0.2) is 0 Å². The van der Waals surface area contributed by atoms with E-state index in [2.05, 4.69) is 24.9 Å². The molecule has 1 fully saturated rings. The van der Waals surface area contributed by atoms with Crippen molar-refractivity contribution in [1.82, 2.24) is 29.5 Å². The Hall–Kier alpha value is -2.32.